The second kappa shape index (κ2) is 7.34. The number of hydrogen-bond donors (Lipinski definition) is 1. The van der Waals surface area contributed by atoms with Gasteiger partial charge in [-0.05, 0) is 37.8 Å². The Morgan fingerprint density at radius 1 is 1.16 bits per heavy atom. The molecular formula is C20H27NO4. The largest absolute Gasteiger partial charge is 0.507 e. The average molecular weight is 345 g/mol. The van der Waals surface area contributed by atoms with Crippen LogP contribution in [0, 0.1) is 5.92 Å². The van der Waals surface area contributed by atoms with Gasteiger partial charge in [0.1, 0.15) is 11.5 Å². The number of aromatic hydroxyl groups is 1. The highest BCUT2D eigenvalue weighted by atomic mass is 16.5. The third-order valence-electron chi connectivity index (χ3n) is 6.02. The number of benzene rings is 1. The van der Waals surface area contributed by atoms with Crippen molar-refractivity contribution in [3.05, 3.63) is 23.8 Å². The van der Waals surface area contributed by atoms with E-state index in [4.69, 9.17) is 9.47 Å². The summed E-state index contributed by atoms with van der Waals surface area (Å²) in [7, 11) is 0. The zero-order valence-corrected chi connectivity index (χ0v) is 14.6. The number of carbonyl (C=O) groups excluding carboxylic acids is 1. The summed E-state index contributed by atoms with van der Waals surface area (Å²) in [6, 6.07) is 5.54. The topological polar surface area (TPSA) is 59.0 Å². The summed E-state index contributed by atoms with van der Waals surface area (Å²) in [5.41, 5.74) is 0.249. The van der Waals surface area contributed by atoms with E-state index in [1.165, 1.54) is 38.2 Å². The Hall–Kier alpha value is -1.59. The summed E-state index contributed by atoms with van der Waals surface area (Å²) in [6.45, 7) is 2.69. The molecule has 4 unspecified atom stereocenters. The maximum absolute atomic E-state index is 11.2. The van der Waals surface area contributed by atoms with Gasteiger partial charge in [-0.1, -0.05) is 18.9 Å². The molecule has 0 radical (unpaired) electrons. The lowest BCUT2D eigenvalue weighted by molar-refractivity contribution is -0.0698. The highest BCUT2D eigenvalue weighted by molar-refractivity contribution is 5.83. The Balaban J connectivity index is 1.43. The van der Waals surface area contributed by atoms with Crippen LogP contribution in [0.5, 0.6) is 11.5 Å². The molecule has 2 saturated heterocycles. The lowest BCUT2D eigenvalue weighted by Crippen LogP contribution is -2.52. The molecule has 0 spiro atoms. The Kier molecular flexibility index (Phi) is 4.95. The molecule has 3 fully saturated rings. The van der Waals surface area contributed by atoms with Gasteiger partial charge in [0.2, 0.25) is 0 Å². The van der Waals surface area contributed by atoms with Crippen molar-refractivity contribution in [2.24, 2.45) is 5.92 Å². The van der Waals surface area contributed by atoms with Gasteiger partial charge < -0.3 is 14.6 Å². The predicted molar refractivity (Wildman–Crippen MR) is 94.2 cm³/mol. The molecule has 2 bridgehead atoms. The van der Waals surface area contributed by atoms with Crippen LogP contribution in [0.25, 0.3) is 0 Å². The molecule has 5 heteroatoms. The minimum absolute atomic E-state index is 0.0163. The van der Waals surface area contributed by atoms with Crippen LogP contribution in [0.15, 0.2) is 18.2 Å². The third kappa shape index (κ3) is 3.53. The molecule has 0 amide bonds. The van der Waals surface area contributed by atoms with Gasteiger partial charge in [0.25, 0.3) is 0 Å². The number of fused-ring (bicyclic) bond motifs is 2. The maximum atomic E-state index is 11.2. The lowest BCUT2D eigenvalue weighted by Gasteiger charge is -2.43. The number of likely N-dealkylation sites (tertiary alicyclic amines) is 1. The predicted octanol–water partition coefficient (Wildman–Crippen LogP) is 3.01. The number of carbonyl (C=O) groups is 1. The van der Waals surface area contributed by atoms with Gasteiger partial charge in [-0.3, -0.25) is 9.69 Å². The molecule has 2 heterocycles. The zero-order valence-electron chi connectivity index (χ0n) is 14.6. The van der Waals surface area contributed by atoms with Crippen molar-refractivity contribution in [2.45, 2.75) is 56.8 Å². The van der Waals surface area contributed by atoms with Crippen LogP contribution in [-0.2, 0) is 4.74 Å². The second-order valence-electron chi connectivity index (χ2n) is 7.64. The van der Waals surface area contributed by atoms with Crippen molar-refractivity contribution >= 4 is 6.29 Å². The minimum Gasteiger partial charge on any atom is -0.507 e. The number of phenols is 1. The van der Waals surface area contributed by atoms with Crippen molar-refractivity contribution in [1.82, 2.24) is 4.90 Å². The molecule has 0 aromatic heterocycles. The van der Waals surface area contributed by atoms with E-state index in [-0.39, 0.29) is 11.3 Å². The lowest BCUT2D eigenvalue weighted by atomic mass is 9.83. The van der Waals surface area contributed by atoms with Gasteiger partial charge >= 0.3 is 0 Å². The minimum atomic E-state index is -0.0163. The monoisotopic (exact) mass is 345 g/mol. The van der Waals surface area contributed by atoms with Gasteiger partial charge in [-0.15, -0.1) is 0 Å². The molecule has 1 aromatic rings. The first-order chi connectivity index (χ1) is 12.2. The van der Waals surface area contributed by atoms with E-state index in [1.54, 1.807) is 12.1 Å². The van der Waals surface area contributed by atoms with Crippen LogP contribution in [0.3, 0.4) is 0 Å². The molecule has 4 rings (SSSR count). The number of rotatable bonds is 5. The number of morpholine rings is 1. The van der Waals surface area contributed by atoms with Crippen LogP contribution in [0.4, 0.5) is 0 Å². The molecule has 25 heavy (non-hydrogen) atoms. The molecule has 1 saturated carbocycles. The quantitative estimate of drug-likeness (QED) is 0.832. The average Bonchev–Trinajstić information content (AvgIpc) is 2.98. The number of nitrogens with zero attached hydrogens (tertiary/aromatic N) is 1. The first-order valence-electron chi connectivity index (χ1n) is 9.54. The van der Waals surface area contributed by atoms with Crippen molar-refractivity contribution in [1.29, 1.82) is 0 Å². The summed E-state index contributed by atoms with van der Waals surface area (Å²) in [6.07, 6.45) is 8.78. The first-order valence-corrected chi connectivity index (χ1v) is 9.54. The van der Waals surface area contributed by atoms with E-state index < -0.39 is 0 Å². The van der Waals surface area contributed by atoms with Crippen LogP contribution in [0.1, 0.15) is 48.9 Å². The van der Waals surface area contributed by atoms with Gasteiger partial charge in [0.15, 0.2) is 6.29 Å². The summed E-state index contributed by atoms with van der Waals surface area (Å²) in [5.74, 6) is 0.937. The van der Waals surface area contributed by atoms with Crippen molar-refractivity contribution in [3.8, 4) is 11.5 Å². The Morgan fingerprint density at radius 3 is 2.68 bits per heavy atom. The highest BCUT2D eigenvalue weighted by Gasteiger charge is 2.39. The molecule has 1 aliphatic carbocycles. The smallest absolute Gasteiger partial charge is 0.157 e. The highest BCUT2D eigenvalue weighted by Crippen LogP contribution is 2.35. The number of aldehydes is 1. The molecule has 5 nitrogen and oxygen atoms in total. The fraction of sp³-hybridized carbons (Fsp3) is 0.650. The van der Waals surface area contributed by atoms with Crippen molar-refractivity contribution in [2.75, 3.05) is 19.7 Å². The molecule has 2 aliphatic heterocycles. The fourth-order valence-corrected chi connectivity index (χ4v) is 4.75. The molecule has 1 N–H and O–H groups in total. The SMILES string of the molecule is O=Cc1c(O)cccc1OCC1CCCCC1N1CC2CCC(C1)O2. The Morgan fingerprint density at radius 2 is 1.92 bits per heavy atom. The normalized spacial score (nSPS) is 32.5. The summed E-state index contributed by atoms with van der Waals surface area (Å²) in [5, 5.41) is 9.82. The zero-order chi connectivity index (χ0) is 17.2. The Labute approximate surface area is 148 Å². The fourth-order valence-electron chi connectivity index (χ4n) is 4.75. The van der Waals surface area contributed by atoms with Crippen LogP contribution in [-0.4, -0.2) is 54.2 Å². The Bertz CT molecular complexity index is 608. The van der Waals surface area contributed by atoms with E-state index in [1.807, 2.05) is 0 Å². The van der Waals surface area contributed by atoms with E-state index in [9.17, 15) is 9.90 Å². The maximum Gasteiger partial charge on any atom is 0.157 e. The van der Waals surface area contributed by atoms with Gasteiger partial charge in [-0.2, -0.15) is 0 Å². The van der Waals surface area contributed by atoms with Crippen LogP contribution in [0.2, 0.25) is 0 Å². The van der Waals surface area contributed by atoms with Crippen LogP contribution < -0.4 is 4.74 Å². The first kappa shape index (κ1) is 16.9. The van der Waals surface area contributed by atoms with Crippen molar-refractivity contribution < 1.29 is 19.4 Å². The van der Waals surface area contributed by atoms with Gasteiger partial charge in [-0.25, -0.2) is 0 Å². The summed E-state index contributed by atoms with van der Waals surface area (Å²) >= 11 is 0. The molecule has 3 aliphatic rings. The molecular weight excluding hydrogens is 318 g/mol. The summed E-state index contributed by atoms with van der Waals surface area (Å²) in [4.78, 5) is 13.9. The van der Waals surface area contributed by atoms with E-state index >= 15 is 0 Å². The molecule has 136 valence electrons. The van der Waals surface area contributed by atoms with Gasteiger partial charge in [0.05, 0.1) is 24.4 Å². The standard InChI is InChI=1S/C20H27NO4/c22-12-17-19(23)6-3-7-20(17)24-13-14-4-1-2-5-18(14)21-10-15-8-9-16(11-21)25-15/h3,6-7,12,14-16,18,23H,1-2,4-5,8-11,13H2. The van der Waals surface area contributed by atoms with E-state index in [0.29, 0.717) is 42.8 Å². The summed E-state index contributed by atoms with van der Waals surface area (Å²) < 4.78 is 12.0. The third-order valence-corrected chi connectivity index (χ3v) is 6.02. The number of hydrogen-bond acceptors (Lipinski definition) is 5. The van der Waals surface area contributed by atoms with Gasteiger partial charge in [0, 0.05) is 25.0 Å². The van der Waals surface area contributed by atoms with E-state index in [2.05, 4.69) is 4.90 Å². The molecule has 1 aromatic carbocycles. The molecule has 4 atom stereocenters. The number of ether oxygens (including phenoxy) is 2. The number of phenolic OH excluding ortho intramolecular Hbond substituents is 1. The van der Waals surface area contributed by atoms with Crippen LogP contribution >= 0.6 is 0 Å². The van der Waals surface area contributed by atoms with Crippen molar-refractivity contribution in [3.63, 3.8) is 0 Å². The second-order valence-corrected chi connectivity index (χ2v) is 7.64. The van der Waals surface area contributed by atoms with E-state index in [0.717, 1.165) is 19.5 Å².